The van der Waals surface area contributed by atoms with Crippen LogP contribution in [0.15, 0.2) is 48.5 Å². The molecule has 0 unspecified atom stereocenters. The van der Waals surface area contributed by atoms with E-state index in [1.807, 2.05) is 4.90 Å². The van der Waals surface area contributed by atoms with E-state index in [1.54, 1.807) is 30.3 Å². The Hall–Kier alpha value is -2.38. The van der Waals surface area contributed by atoms with Gasteiger partial charge >= 0.3 is 6.18 Å². The molecule has 28 heavy (non-hydrogen) atoms. The average Bonchev–Trinajstić information content (AvgIpc) is 2.69. The van der Waals surface area contributed by atoms with E-state index in [0.29, 0.717) is 5.56 Å². The topological polar surface area (TPSA) is 35.6 Å². The second-order valence-corrected chi connectivity index (χ2v) is 6.90. The van der Waals surface area contributed by atoms with Gasteiger partial charge in [-0.25, -0.2) is 0 Å². The molecule has 1 N–H and O–H groups in total. The van der Waals surface area contributed by atoms with Crippen molar-refractivity contribution in [3.05, 3.63) is 65.2 Å². The molecule has 1 aliphatic rings. The van der Waals surface area contributed by atoms with Gasteiger partial charge in [0.2, 0.25) is 0 Å². The van der Waals surface area contributed by atoms with Crippen molar-refractivity contribution < 1.29 is 18.0 Å². The Bertz CT molecular complexity index is 800. The maximum Gasteiger partial charge on any atom is 0.416 e. The van der Waals surface area contributed by atoms with Crippen LogP contribution in [0.3, 0.4) is 0 Å². The Morgan fingerprint density at radius 2 is 1.64 bits per heavy atom. The van der Waals surface area contributed by atoms with Gasteiger partial charge in [-0.05, 0) is 36.4 Å². The first-order valence-corrected chi connectivity index (χ1v) is 9.38. The largest absolute Gasteiger partial charge is 0.416 e. The number of nitrogens with zero attached hydrogens (tertiary/aromatic N) is 2. The molecule has 1 heterocycles. The number of nitrogens with one attached hydrogen (secondary N) is 1. The molecular weight excluding hydrogens is 367 g/mol. The smallest absolute Gasteiger partial charge is 0.322 e. The lowest BCUT2D eigenvalue weighted by molar-refractivity contribution is -0.138. The summed E-state index contributed by atoms with van der Waals surface area (Å²) in [6.07, 6.45) is -4.48. The highest BCUT2D eigenvalue weighted by Gasteiger charge is 2.34. The normalized spacial score (nSPS) is 16.1. The van der Waals surface area contributed by atoms with Gasteiger partial charge in [0.05, 0.1) is 5.56 Å². The van der Waals surface area contributed by atoms with Gasteiger partial charge in [0.15, 0.2) is 0 Å². The molecule has 0 atom stereocenters. The minimum atomic E-state index is -4.48. The van der Waals surface area contributed by atoms with E-state index in [9.17, 15) is 18.0 Å². The molecule has 150 valence electrons. The molecule has 0 aliphatic carbocycles. The number of carbonyl (C=O) groups is 1. The number of halogens is 3. The molecule has 1 amide bonds. The third-order valence-corrected chi connectivity index (χ3v) is 5.02. The predicted octanol–water partition coefficient (Wildman–Crippen LogP) is 4.10. The van der Waals surface area contributed by atoms with E-state index in [-0.39, 0.29) is 17.8 Å². The van der Waals surface area contributed by atoms with Crippen molar-refractivity contribution >= 4 is 11.6 Å². The van der Waals surface area contributed by atoms with E-state index in [0.717, 1.165) is 38.8 Å². The SMILES string of the molecule is CCN1CCN(Cc2ccc(NC(=O)c3ccccc3)cc2C(F)(F)F)CC1. The Kier molecular flexibility index (Phi) is 6.36. The van der Waals surface area contributed by atoms with Gasteiger partial charge in [-0.15, -0.1) is 0 Å². The second-order valence-electron chi connectivity index (χ2n) is 6.90. The van der Waals surface area contributed by atoms with E-state index >= 15 is 0 Å². The fourth-order valence-corrected chi connectivity index (χ4v) is 3.35. The first kappa shape index (κ1) is 20.4. The maximum absolute atomic E-state index is 13.6. The van der Waals surface area contributed by atoms with Crippen molar-refractivity contribution in [2.24, 2.45) is 0 Å². The Morgan fingerprint density at radius 3 is 2.25 bits per heavy atom. The van der Waals surface area contributed by atoms with Gasteiger partial charge in [-0.1, -0.05) is 31.2 Å². The molecule has 7 heteroatoms. The Labute approximate surface area is 162 Å². The summed E-state index contributed by atoms with van der Waals surface area (Å²) in [5.41, 5.74) is 0.0705. The standard InChI is InChI=1S/C21H24F3N3O/c1-2-26-10-12-27(13-11-26)15-17-8-9-18(14-19(17)21(22,23)24)25-20(28)16-6-4-3-5-7-16/h3-9,14H,2,10-13,15H2,1H3,(H,25,28). The summed E-state index contributed by atoms with van der Waals surface area (Å²) in [6.45, 7) is 6.51. The number of hydrogen-bond acceptors (Lipinski definition) is 3. The van der Waals surface area contributed by atoms with E-state index in [4.69, 9.17) is 0 Å². The number of amides is 1. The zero-order valence-corrected chi connectivity index (χ0v) is 15.8. The van der Waals surface area contributed by atoms with Crippen LogP contribution in [-0.4, -0.2) is 48.4 Å². The van der Waals surface area contributed by atoms with E-state index in [1.165, 1.54) is 12.1 Å². The number of hydrogen-bond donors (Lipinski definition) is 1. The lowest BCUT2D eigenvalue weighted by atomic mass is 10.0. The summed E-state index contributed by atoms with van der Waals surface area (Å²) in [7, 11) is 0. The minimum absolute atomic E-state index is 0.140. The van der Waals surface area contributed by atoms with Gasteiger partial charge in [0, 0.05) is 44.0 Å². The van der Waals surface area contributed by atoms with Gasteiger partial charge in [0.1, 0.15) is 0 Å². The summed E-state index contributed by atoms with van der Waals surface area (Å²) >= 11 is 0. The van der Waals surface area contributed by atoms with Crippen LogP contribution in [0, 0.1) is 0 Å². The van der Waals surface area contributed by atoms with Crippen LogP contribution >= 0.6 is 0 Å². The molecule has 3 rings (SSSR count). The number of likely N-dealkylation sites (N-methyl/N-ethyl adjacent to an activating group) is 1. The molecule has 0 radical (unpaired) electrons. The number of benzene rings is 2. The molecular formula is C21H24F3N3O. The van der Waals surface area contributed by atoms with Gasteiger partial charge in [-0.3, -0.25) is 9.69 Å². The highest BCUT2D eigenvalue weighted by atomic mass is 19.4. The summed E-state index contributed by atoms with van der Waals surface area (Å²) in [5, 5.41) is 2.56. The highest BCUT2D eigenvalue weighted by molar-refractivity contribution is 6.04. The van der Waals surface area contributed by atoms with Crippen LogP contribution in [-0.2, 0) is 12.7 Å². The summed E-state index contributed by atoms with van der Waals surface area (Å²) < 4.78 is 40.9. The molecule has 0 aromatic heterocycles. The van der Waals surface area contributed by atoms with Crippen LogP contribution in [0.2, 0.25) is 0 Å². The molecule has 0 spiro atoms. The van der Waals surface area contributed by atoms with E-state index < -0.39 is 17.6 Å². The molecule has 1 fully saturated rings. The maximum atomic E-state index is 13.6. The molecule has 0 bridgehead atoms. The summed E-state index contributed by atoms with van der Waals surface area (Å²) in [4.78, 5) is 16.6. The Balaban J connectivity index is 1.76. The first-order valence-electron chi connectivity index (χ1n) is 9.38. The van der Waals surface area contributed by atoms with Crippen molar-refractivity contribution in [3.8, 4) is 0 Å². The van der Waals surface area contributed by atoms with Gasteiger partial charge < -0.3 is 10.2 Å². The van der Waals surface area contributed by atoms with Crippen molar-refractivity contribution in [1.29, 1.82) is 0 Å². The van der Waals surface area contributed by atoms with Crippen LogP contribution in [0.5, 0.6) is 0 Å². The van der Waals surface area contributed by atoms with Crippen LogP contribution < -0.4 is 5.32 Å². The van der Waals surface area contributed by atoms with Crippen LogP contribution in [0.25, 0.3) is 0 Å². The minimum Gasteiger partial charge on any atom is -0.322 e. The fraction of sp³-hybridized carbons (Fsp3) is 0.381. The average molecular weight is 391 g/mol. The van der Waals surface area contributed by atoms with E-state index in [2.05, 4.69) is 17.1 Å². The van der Waals surface area contributed by atoms with Crippen molar-refractivity contribution in [2.75, 3.05) is 38.0 Å². The highest BCUT2D eigenvalue weighted by Crippen LogP contribution is 2.34. The van der Waals surface area contributed by atoms with Crippen molar-refractivity contribution in [2.45, 2.75) is 19.6 Å². The van der Waals surface area contributed by atoms with Crippen LogP contribution in [0.4, 0.5) is 18.9 Å². The van der Waals surface area contributed by atoms with Crippen LogP contribution in [0.1, 0.15) is 28.4 Å². The van der Waals surface area contributed by atoms with Crippen molar-refractivity contribution in [3.63, 3.8) is 0 Å². The molecule has 0 saturated carbocycles. The quantitative estimate of drug-likeness (QED) is 0.834. The zero-order chi connectivity index (χ0) is 20.1. The Morgan fingerprint density at radius 1 is 1.00 bits per heavy atom. The lowest BCUT2D eigenvalue weighted by Gasteiger charge is -2.34. The predicted molar refractivity (Wildman–Crippen MR) is 103 cm³/mol. The number of carbonyl (C=O) groups excluding carboxylic acids is 1. The fourth-order valence-electron chi connectivity index (χ4n) is 3.35. The van der Waals surface area contributed by atoms with Gasteiger partial charge in [-0.2, -0.15) is 13.2 Å². The number of alkyl halides is 3. The lowest BCUT2D eigenvalue weighted by Crippen LogP contribution is -2.45. The molecule has 2 aromatic carbocycles. The molecule has 2 aromatic rings. The summed E-state index contributed by atoms with van der Waals surface area (Å²) in [5.74, 6) is -0.433. The monoisotopic (exact) mass is 391 g/mol. The molecule has 1 aliphatic heterocycles. The second kappa shape index (κ2) is 8.75. The van der Waals surface area contributed by atoms with Gasteiger partial charge in [0.25, 0.3) is 5.91 Å². The third kappa shape index (κ3) is 5.11. The molecule has 1 saturated heterocycles. The van der Waals surface area contributed by atoms with Crippen molar-refractivity contribution in [1.82, 2.24) is 9.80 Å². The summed E-state index contributed by atoms with van der Waals surface area (Å²) in [6, 6.07) is 12.4. The first-order chi connectivity index (χ1) is 13.4. The number of rotatable bonds is 5. The zero-order valence-electron chi connectivity index (χ0n) is 15.8. The molecule has 4 nitrogen and oxygen atoms in total. The third-order valence-electron chi connectivity index (χ3n) is 5.02. The number of anilines is 1. The number of piperazine rings is 1.